The van der Waals surface area contributed by atoms with Crippen molar-refractivity contribution in [1.82, 2.24) is 9.55 Å². The zero-order valence-electron chi connectivity index (χ0n) is 8.39. The van der Waals surface area contributed by atoms with Crippen molar-refractivity contribution in [3.05, 3.63) is 18.2 Å². The fourth-order valence-corrected chi connectivity index (χ4v) is 1.75. The van der Waals surface area contributed by atoms with Crippen LogP contribution in [0.4, 0.5) is 0 Å². The topological polar surface area (TPSA) is 47.3 Å². The average molecular weight is 196 g/mol. The first kappa shape index (κ1) is 9.68. The van der Waals surface area contributed by atoms with Crippen molar-refractivity contribution in [1.29, 1.82) is 0 Å². The normalized spacial score (nSPS) is 24.0. The summed E-state index contributed by atoms with van der Waals surface area (Å²) in [4.78, 5) is 4.16. The largest absolute Gasteiger partial charge is 0.384 e. The van der Waals surface area contributed by atoms with Crippen LogP contribution in [-0.2, 0) is 11.3 Å². The SMILES string of the molecule is CCn1cnc(C(O)C2CCCO2)c1. The van der Waals surface area contributed by atoms with Gasteiger partial charge in [0.1, 0.15) is 6.10 Å². The average Bonchev–Trinajstić information content (AvgIpc) is 2.88. The number of ether oxygens (including phenoxy) is 1. The lowest BCUT2D eigenvalue weighted by Crippen LogP contribution is -2.17. The molecule has 1 aromatic rings. The quantitative estimate of drug-likeness (QED) is 0.788. The predicted molar refractivity (Wildman–Crippen MR) is 51.8 cm³/mol. The second-order valence-electron chi connectivity index (χ2n) is 3.63. The number of rotatable bonds is 3. The van der Waals surface area contributed by atoms with Crippen LogP contribution in [0, 0.1) is 0 Å². The molecule has 0 bridgehead atoms. The molecule has 1 aromatic heterocycles. The number of aromatic nitrogens is 2. The molecule has 0 spiro atoms. The van der Waals surface area contributed by atoms with Crippen LogP contribution >= 0.6 is 0 Å². The number of hydrogen-bond donors (Lipinski definition) is 1. The summed E-state index contributed by atoms with van der Waals surface area (Å²) in [5.74, 6) is 0. The zero-order valence-corrected chi connectivity index (χ0v) is 8.39. The molecule has 0 radical (unpaired) electrons. The van der Waals surface area contributed by atoms with E-state index < -0.39 is 6.10 Å². The van der Waals surface area contributed by atoms with Crippen LogP contribution in [0.5, 0.6) is 0 Å². The molecule has 2 rings (SSSR count). The van der Waals surface area contributed by atoms with Gasteiger partial charge in [0.25, 0.3) is 0 Å². The summed E-state index contributed by atoms with van der Waals surface area (Å²) in [6, 6.07) is 0. The molecule has 0 aliphatic carbocycles. The lowest BCUT2D eigenvalue weighted by atomic mass is 10.1. The van der Waals surface area contributed by atoms with Crippen molar-refractivity contribution in [3.8, 4) is 0 Å². The molecular weight excluding hydrogens is 180 g/mol. The maximum atomic E-state index is 9.93. The van der Waals surface area contributed by atoms with E-state index in [0.717, 1.165) is 31.7 Å². The van der Waals surface area contributed by atoms with Gasteiger partial charge in [0.15, 0.2) is 0 Å². The smallest absolute Gasteiger partial charge is 0.124 e. The second-order valence-corrected chi connectivity index (χ2v) is 3.63. The molecule has 14 heavy (non-hydrogen) atoms. The van der Waals surface area contributed by atoms with E-state index in [4.69, 9.17) is 4.74 Å². The van der Waals surface area contributed by atoms with Crippen LogP contribution in [0.25, 0.3) is 0 Å². The van der Waals surface area contributed by atoms with Gasteiger partial charge in [-0.15, -0.1) is 0 Å². The van der Waals surface area contributed by atoms with Crippen LogP contribution in [0.2, 0.25) is 0 Å². The molecular formula is C10H16N2O2. The Morgan fingerprint density at radius 1 is 1.79 bits per heavy atom. The molecule has 4 nitrogen and oxygen atoms in total. The summed E-state index contributed by atoms with van der Waals surface area (Å²) in [6.07, 6.45) is 4.97. The fraction of sp³-hybridized carbons (Fsp3) is 0.700. The molecule has 1 aliphatic rings. The highest BCUT2D eigenvalue weighted by molar-refractivity contribution is 5.03. The Bertz CT molecular complexity index is 292. The van der Waals surface area contributed by atoms with Gasteiger partial charge in [-0.2, -0.15) is 0 Å². The number of nitrogens with zero attached hydrogens (tertiary/aromatic N) is 2. The highest BCUT2D eigenvalue weighted by Gasteiger charge is 2.26. The van der Waals surface area contributed by atoms with Crippen molar-refractivity contribution in [2.75, 3.05) is 6.61 Å². The van der Waals surface area contributed by atoms with Crippen molar-refractivity contribution in [3.63, 3.8) is 0 Å². The highest BCUT2D eigenvalue weighted by Crippen LogP contribution is 2.25. The van der Waals surface area contributed by atoms with E-state index in [0.29, 0.717) is 0 Å². The number of aryl methyl sites for hydroxylation is 1. The Kier molecular flexibility index (Phi) is 2.84. The van der Waals surface area contributed by atoms with Crippen LogP contribution in [0.15, 0.2) is 12.5 Å². The maximum Gasteiger partial charge on any atom is 0.124 e. The van der Waals surface area contributed by atoms with Gasteiger partial charge >= 0.3 is 0 Å². The minimum atomic E-state index is -0.565. The van der Waals surface area contributed by atoms with Crippen molar-refractivity contribution >= 4 is 0 Å². The molecule has 0 saturated carbocycles. The highest BCUT2D eigenvalue weighted by atomic mass is 16.5. The molecule has 4 heteroatoms. The maximum absolute atomic E-state index is 9.93. The first-order chi connectivity index (χ1) is 6.81. The Morgan fingerprint density at radius 2 is 2.64 bits per heavy atom. The molecule has 0 amide bonds. The van der Waals surface area contributed by atoms with Gasteiger partial charge in [-0.1, -0.05) is 0 Å². The van der Waals surface area contributed by atoms with E-state index >= 15 is 0 Å². The summed E-state index contributed by atoms with van der Waals surface area (Å²) >= 11 is 0. The van der Waals surface area contributed by atoms with Gasteiger partial charge in [0.05, 0.1) is 18.1 Å². The molecule has 78 valence electrons. The standard InChI is InChI=1S/C10H16N2O2/c1-2-12-6-8(11-7-12)10(13)9-4-3-5-14-9/h6-7,9-10,13H,2-5H2,1H3. The van der Waals surface area contributed by atoms with Gasteiger partial charge in [0.2, 0.25) is 0 Å². The molecule has 2 heterocycles. The summed E-state index contributed by atoms with van der Waals surface area (Å²) in [5.41, 5.74) is 0.721. The van der Waals surface area contributed by atoms with Gasteiger partial charge in [-0.05, 0) is 19.8 Å². The fourth-order valence-electron chi connectivity index (χ4n) is 1.75. The van der Waals surface area contributed by atoms with Gasteiger partial charge < -0.3 is 14.4 Å². The van der Waals surface area contributed by atoms with E-state index in [1.807, 2.05) is 17.7 Å². The molecule has 1 saturated heterocycles. The lowest BCUT2D eigenvalue weighted by Gasteiger charge is -2.14. The number of aliphatic hydroxyl groups excluding tert-OH is 1. The third-order valence-corrected chi connectivity index (χ3v) is 2.64. The molecule has 1 N–H and O–H groups in total. The van der Waals surface area contributed by atoms with Crippen LogP contribution in [0.1, 0.15) is 31.6 Å². The van der Waals surface area contributed by atoms with E-state index in [9.17, 15) is 5.11 Å². The summed E-state index contributed by atoms with van der Waals surface area (Å²) < 4.78 is 7.36. The predicted octanol–water partition coefficient (Wildman–Crippen LogP) is 1.12. The number of aliphatic hydroxyl groups is 1. The monoisotopic (exact) mass is 196 g/mol. The Hall–Kier alpha value is -0.870. The summed E-state index contributed by atoms with van der Waals surface area (Å²) in [5, 5.41) is 9.93. The van der Waals surface area contributed by atoms with E-state index in [1.165, 1.54) is 0 Å². The molecule has 0 aromatic carbocycles. The first-order valence-corrected chi connectivity index (χ1v) is 5.12. The van der Waals surface area contributed by atoms with Crippen molar-refractivity contribution in [2.24, 2.45) is 0 Å². The Labute approximate surface area is 83.5 Å². The number of hydrogen-bond acceptors (Lipinski definition) is 3. The van der Waals surface area contributed by atoms with Gasteiger partial charge in [0, 0.05) is 19.3 Å². The Balaban J connectivity index is 2.05. The van der Waals surface area contributed by atoms with E-state index in [-0.39, 0.29) is 6.10 Å². The molecule has 2 unspecified atom stereocenters. The van der Waals surface area contributed by atoms with E-state index in [1.54, 1.807) is 6.33 Å². The van der Waals surface area contributed by atoms with Gasteiger partial charge in [-0.25, -0.2) is 4.98 Å². The van der Waals surface area contributed by atoms with Gasteiger partial charge in [-0.3, -0.25) is 0 Å². The minimum Gasteiger partial charge on any atom is -0.384 e. The third-order valence-electron chi connectivity index (χ3n) is 2.64. The number of imidazole rings is 1. The van der Waals surface area contributed by atoms with Crippen LogP contribution < -0.4 is 0 Å². The first-order valence-electron chi connectivity index (χ1n) is 5.12. The Morgan fingerprint density at radius 3 is 3.21 bits per heavy atom. The van der Waals surface area contributed by atoms with Crippen molar-refractivity contribution < 1.29 is 9.84 Å². The molecule has 1 aliphatic heterocycles. The lowest BCUT2D eigenvalue weighted by molar-refractivity contribution is -0.00456. The molecule has 2 atom stereocenters. The molecule has 1 fully saturated rings. The van der Waals surface area contributed by atoms with E-state index in [2.05, 4.69) is 4.98 Å². The zero-order chi connectivity index (χ0) is 9.97. The third kappa shape index (κ3) is 1.81. The van der Waals surface area contributed by atoms with Crippen LogP contribution in [-0.4, -0.2) is 27.4 Å². The van der Waals surface area contributed by atoms with Crippen molar-refractivity contribution in [2.45, 2.75) is 38.5 Å². The summed E-state index contributed by atoms with van der Waals surface area (Å²) in [7, 11) is 0. The summed E-state index contributed by atoms with van der Waals surface area (Å²) in [6.45, 7) is 3.69. The van der Waals surface area contributed by atoms with Crippen LogP contribution in [0.3, 0.4) is 0 Å². The second kappa shape index (κ2) is 4.11. The minimum absolute atomic E-state index is 0.0600.